The topological polar surface area (TPSA) is 55.4 Å². The highest BCUT2D eigenvalue weighted by atomic mass is 16.5. The predicted octanol–water partition coefficient (Wildman–Crippen LogP) is 8.66. The second-order valence-corrected chi connectivity index (χ2v) is 14.5. The normalized spacial score (nSPS) is 33.4. The molecule has 0 saturated heterocycles. The van der Waals surface area contributed by atoms with Crippen LogP contribution in [0.3, 0.4) is 0 Å². The molecular weight excluding hydrogens is 506 g/mol. The van der Waals surface area contributed by atoms with E-state index in [0.29, 0.717) is 53.2 Å². The lowest BCUT2D eigenvalue weighted by Crippen LogP contribution is -2.54. The van der Waals surface area contributed by atoms with E-state index < -0.39 is 0 Å². The van der Waals surface area contributed by atoms with Crippen molar-refractivity contribution in [3.63, 3.8) is 0 Å². The molecule has 0 heterocycles. The Morgan fingerprint density at radius 2 is 1.76 bits per heavy atom. The number of fused-ring (bicyclic) bond motifs is 5. The molecule has 6 atom stereocenters. The standard InChI is InChI=1S/C37H57NO3/c1-6-26(7-2)25-38-37(8-3,9-4)28-11-10-12-30(24-28)41-22-21-36-20-18-32-31(33(36)15-16-34(36)40)14-13-27-23-29(39)17-19-35(27,32)5/h10-12,24,26-27,31-33,38H,6-9,13-23,25H2,1-5H3/t27?,31?,32?,33?,35-,36+/m0/s1. The van der Waals surface area contributed by atoms with Crippen LogP contribution in [0.1, 0.15) is 130 Å². The van der Waals surface area contributed by atoms with Crippen LogP contribution in [-0.4, -0.2) is 24.7 Å². The number of ketones is 2. The Morgan fingerprint density at radius 1 is 0.976 bits per heavy atom. The van der Waals surface area contributed by atoms with E-state index in [-0.39, 0.29) is 11.0 Å². The fraction of sp³-hybridized carbons (Fsp3) is 0.784. The van der Waals surface area contributed by atoms with Crippen molar-refractivity contribution in [3.05, 3.63) is 29.8 Å². The Balaban J connectivity index is 1.27. The Kier molecular flexibility index (Phi) is 9.39. The number of carbonyl (C=O) groups excluding carboxylic acids is 2. The summed E-state index contributed by atoms with van der Waals surface area (Å²) in [6.07, 6.45) is 14.4. The van der Waals surface area contributed by atoms with Crippen LogP contribution in [0, 0.1) is 40.4 Å². The molecule has 4 aliphatic carbocycles. The Bertz CT molecular complexity index is 1070. The first-order valence-corrected chi connectivity index (χ1v) is 17.3. The smallest absolute Gasteiger partial charge is 0.139 e. The molecule has 0 aromatic heterocycles. The minimum atomic E-state index is -0.195. The van der Waals surface area contributed by atoms with Crippen LogP contribution in [0.2, 0.25) is 0 Å². The highest BCUT2D eigenvalue weighted by Crippen LogP contribution is 2.66. The van der Waals surface area contributed by atoms with Crippen LogP contribution in [0.4, 0.5) is 0 Å². The van der Waals surface area contributed by atoms with Crippen molar-refractivity contribution in [2.24, 2.45) is 40.4 Å². The zero-order valence-corrected chi connectivity index (χ0v) is 26.7. The summed E-state index contributed by atoms with van der Waals surface area (Å²) in [5, 5.41) is 3.95. The van der Waals surface area contributed by atoms with Crippen LogP contribution in [0.5, 0.6) is 5.75 Å². The SMILES string of the molecule is CCC(CC)CNC(CC)(CC)c1cccc(OCC[C@]23CCC4C(CCC5CC(=O)CC[C@@]54C)C2CCC3=O)c1. The first kappa shape index (κ1) is 30.8. The molecule has 1 aromatic carbocycles. The lowest BCUT2D eigenvalue weighted by Gasteiger charge is -2.59. The molecule has 4 aliphatic rings. The van der Waals surface area contributed by atoms with Gasteiger partial charge in [-0.1, -0.05) is 59.6 Å². The van der Waals surface area contributed by atoms with Gasteiger partial charge in [0.25, 0.3) is 0 Å². The van der Waals surface area contributed by atoms with Crippen molar-refractivity contribution < 1.29 is 14.3 Å². The van der Waals surface area contributed by atoms with Crippen molar-refractivity contribution in [3.8, 4) is 5.75 Å². The van der Waals surface area contributed by atoms with Crippen molar-refractivity contribution in [2.75, 3.05) is 13.2 Å². The summed E-state index contributed by atoms with van der Waals surface area (Å²) >= 11 is 0. The minimum Gasteiger partial charge on any atom is -0.494 e. The van der Waals surface area contributed by atoms with Gasteiger partial charge in [0.05, 0.1) is 6.61 Å². The summed E-state index contributed by atoms with van der Waals surface area (Å²) in [7, 11) is 0. The molecule has 4 nitrogen and oxygen atoms in total. The van der Waals surface area contributed by atoms with E-state index in [0.717, 1.165) is 76.5 Å². The van der Waals surface area contributed by atoms with E-state index in [1.807, 2.05) is 0 Å². The molecule has 4 fully saturated rings. The highest BCUT2D eigenvalue weighted by Gasteiger charge is 2.61. The fourth-order valence-electron chi connectivity index (χ4n) is 10.2. The van der Waals surface area contributed by atoms with E-state index >= 15 is 0 Å². The van der Waals surface area contributed by atoms with Gasteiger partial charge in [-0.15, -0.1) is 0 Å². The van der Waals surface area contributed by atoms with Crippen molar-refractivity contribution in [1.29, 1.82) is 0 Å². The highest BCUT2D eigenvalue weighted by molar-refractivity contribution is 5.87. The maximum absolute atomic E-state index is 13.6. The number of ether oxygens (including phenoxy) is 1. The number of nitrogens with one attached hydrogen (secondary N) is 1. The molecule has 4 heteroatoms. The zero-order chi connectivity index (χ0) is 29.3. The zero-order valence-electron chi connectivity index (χ0n) is 26.7. The van der Waals surface area contributed by atoms with E-state index in [1.54, 1.807) is 0 Å². The lowest BCUT2D eigenvalue weighted by atomic mass is 9.45. The van der Waals surface area contributed by atoms with E-state index in [1.165, 1.54) is 31.2 Å². The molecule has 228 valence electrons. The van der Waals surface area contributed by atoms with E-state index in [2.05, 4.69) is 64.2 Å². The van der Waals surface area contributed by atoms with Crippen molar-refractivity contribution in [1.82, 2.24) is 5.32 Å². The molecular formula is C37H57NO3. The summed E-state index contributed by atoms with van der Waals surface area (Å²) in [6, 6.07) is 8.74. The largest absolute Gasteiger partial charge is 0.494 e. The maximum Gasteiger partial charge on any atom is 0.139 e. The number of hydrogen-bond acceptors (Lipinski definition) is 4. The Labute approximate surface area is 250 Å². The second kappa shape index (κ2) is 12.5. The molecule has 0 bridgehead atoms. The van der Waals surface area contributed by atoms with Gasteiger partial charge >= 0.3 is 0 Å². The van der Waals surface area contributed by atoms with Gasteiger partial charge in [-0.05, 0) is 117 Å². The van der Waals surface area contributed by atoms with Gasteiger partial charge in [0.1, 0.15) is 17.3 Å². The van der Waals surface area contributed by atoms with Gasteiger partial charge < -0.3 is 10.1 Å². The molecule has 0 radical (unpaired) electrons. The average molecular weight is 564 g/mol. The third kappa shape index (κ3) is 5.56. The number of hydrogen-bond donors (Lipinski definition) is 1. The number of carbonyl (C=O) groups is 2. The lowest BCUT2D eigenvalue weighted by molar-refractivity contribution is -0.147. The fourth-order valence-corrected chi connectivity index (χ4v) is 10.2. The minimum absolute atomic E-state index is 0.0375. The van der Waals surface area contributed by atoms with Gasteiger partial charge in [-0.25, -0.2) is 0 Å². The average Bonchev–Trinajstić information content (AvgIpc) is 3.32. The maximum atomic E-state index is 13.6. The summed E-state index contributed by atoms with van der Waals surface area (Å²) < 4.78 is 6.49. The first-order chi connectivity index (χ1) is 19.7. The molecule has 1 N–H and O–H groups in total. The van der Waals surface area contributed by atoms with Crippen LogP contribution in [0.15, 0.2) is 24.3 Å². The Hall–Kier alpha value is -1.68. The Morgan fingerprint density at radius 3 is 2.49 bits per heavy atom. The molecule has 1 aromatic rings. The molecule has 0 aliphatic heterocycles. The van der Waals surface area contributed by atoms with E-state index in [4.69, 9.17) is 4.74 Å². The van der Waals surface area contributed by atoms with Gasteiger partial charge in [-0.3, -0.25) is 9.59 Å². The third-order valence-electron chi connectivity index (χ3n) is 13.2. The second-order valence-electron chi connectivity index (χ2n) is 14.5. The van der Waals surface area contributed by atoms with Gasteiger partial charge in [0.15, 0.2) is 0 Å². The van der Waals surface area contributed by atoms with Gasteiger partial charge in [-0.2, -0.15) is 0 Å². The monoisotopic (exact) mass is 563 g/mol. The number of benzene rings is 1. The van der Waals surface area contributed by atoms with Crippen LogP contribution in [-0.2, 0) is 15.1 Å². The van der Waals surface area contributed by atoms with Crippen molar-refractivity contribution in [2.45, 2.75) is 130 Å². The third-order valence-corrected chi connectivity index (χ3v) is 13.2. The van der Waals surface area contributed by atoms with Gasteiger partial charge in [0, 0.05) is 30.2 Å². The molecule has 41 heavy (non-hydrogen) atoms. The molecule has 0 spiro atoms. The first-order valence-electron chi connectivity index (χ1n) is 17.3. The summed E-state index contributed by atoms with van der Waals surface area (Å²) in [6.45, 7) is 13.3. The van der Waals surface area contributed by atoms with Crippen LogP contribution < -0.4 is 10.1 Å². The molecule has 4 unspecified atom stereocenters. The van der Waals surface area contributed by atoms with Crippen molar-refractivity contribution >= 4 is 11.6 Å². The van der Waals surface area contributed by atoms with Crippen LogP contribution >= 0.6 is 0 Å². The molecule has 4 saturated carbocycles. The summed E-state index contributed by atoms with van der Waals surface area (Å²) in [5.41, 5.74) is 1.37. The number of Topliss-reactive ketones (excluding diaryl/α,β-unsaturated/α-hetero) is 2. The van der Waals surface area contributed by atoms with Gasteiger partial charge in [0.2, 0.25) is 0 Å². The quantitative estimate of drug-likeness (QED) is 0.276. The summed E-state index contributed by atoms with van der Waals surface area (Å²) in [5.74, 6) is 5.01. The van der Waals surface area contributed by atoms with Crippen LogP contribution in [0.25, 0.3) is 0 Å². The summed E-state index contributed by atoms with van der Waals surface area (Å²) in [4.78, 5) is 25.8. The molecule has 0 amide bonds. The predicted molar refractivity (Wildman–Crippen MR) is 167 cm³/mol. The number of rotatable bonds is 12. The molecule has 5 rings (SSSR count). The van der Waals surface area contributed by atoms with E-state index in [9.17, 15) is 9.59 Å².